The van der Waals surface area contributed by atoms with Gasteiger partial charge in [-0.3, -0.25) is 4.79 Å². The van der Waals surface area contributed by atoms with Crippen LogP contribution in [0.5, 0.6) is 5.75 Å². The summed E-state index contributed by atoms with van der Waals surface area (Å²) in [6, 6.07) is 5.50. The molecule has 1 aliphatic heterocycles. The fourth-order valence-corrected chi connectivity index (χ4v) is 2.72. The van der Waals surface area contributed by atoms with E-state index in [2.05, 4.69) is 10.6 Å². The van der Waals surface area contributed by atoms with Gasteiger partial charge in [0.05, 0.1) is 26.2 Å². The summed E-state index contributed by atoms with van der Waals surface area (Å²) in [4.78, 5) is 12.3. The highest BCUT2D eigenvalue weighted by molar-refractivity contribution is 6.31. The Morgan fingerprint density at radius 2 is 2.29 bits per heavy atom. The van der Waals surface area contributed by atoms with Gasteiger partial charge in [0.2, 0.25) is 5.91 Å². The fraction of sp³-hybridized carbons (Fsp3) is 0.533. The molecule has 1 heterocycles. The van der Waals surface area contributed by atoms with Gasteiger partial charge < -0.3 is 20.1 Å². The minimum Gasteiger partial charge on any atom is -0.496 e. The molecular formula is C15H21ClN2O3. The number of benzene rings is 1. The van der Waals surface area contributed by atoms with Gasteiger partial charge in [0.15, 0.2) is 0 Å². The number of carbonyl (C=O) groups is 1. The fourth-order valence-electron chi connectivity index (χ4n) is 2.48. The van der Waals surface area contributed by atoms with Crippen LogP contribution in [0.25, 0.3) is 0 Å². The zero-order valence-electron chi connectivity index (χ0n) is 12.3. The predicted molar refractivity (Wildman–Crippen MR) is 81.6 cm³/mol. The lowest BCUT2D eigenvalue weighted by atomic mass is 10.0. The Hall–Kier alpha value is -1.30. The Labute approximate surface area is 130 Å². The van der Waals surface area contributed by atoms with E-state index in [9.17, 15) is 4.79 Å². The summed E-state index contributed by atoms with van der Waals surface area (Å²) in [5.74, 6) is 0.479. The first-order chi connectivity index (χ1) is 10.2. The summed E-state index contributed by atoms with van der Waals surface area (Å²) in [6.45, 7) is 4.19. The van der Waals surface area contributed by atoms with Gasteiger partial charge in [-0.1, -0.05) is 24.6 Å². The lowest BCUT2D eigenvalue weighted by molar-refractivity contribution is -0.125. The van der Waals surface area contributed by atoms with Crippen molar-refractivity contribution in [3.8, 4) is 5.75 Å². The molecule has 21 heavy (non-hydrogen) atoms. The number of rotatable bonds is 6. The van der Waals surface area contributed by atoms with Crippen molar-refractivity contribution in [3.63, 3.8) is 0 Å². The SMILES string of the molecule is CCNC1COCC1C(=O)NCc1c(Cl)cccc1OC. The molecule has 1 fully saturated rings. The second-order valence-corrected chi connectivity index (χ2v) is 5.35. The van der Waals surface area contributed by atoms with E-state index < -0.39 is 0 Å². The van der Waals surface area contributed by atoms with Crippen molar-refractivity contribution in [1.29, 1.82) is 0 Å². The molecule has 5 nitrogen and oxygen atoms in total. The summed E-state index contributed by atoms with van der Waals surface area (Å²) in [5, 5.41) is 6.78. The second-order valence-electron chi connectivity index (χ2n) is 4.95. The number of amides is 1. The van der Waals surface area contributed by atoms with Crippen molar-refractivity contribution in [2.75, 3.05) is 26.9 Å². The van der Waals surface area contributed by atoms with Gasteiger partial charge in [0.25, 0.3) is 0 Å². The maximum Gasteiger partial charge on any atom is 0.227 e. The van der Waals surface area contributed by atoms with E-state index in [0.717, 1.165) is 12.1 Å². The maximum atomic E-state index is 12.3. The number of hydrogen-bond donors (Lipinski definition) is 2. The Kier molecular flexibility index (Phi) is 5.85. The van der Waals surface area contributed by atoms with Gasteiger partial charge in [0.1, 0.15) is 5.75 Å². The Morgan fingerprint density at radius 1 is 1.48 bits per heavy atom. The van der Waals surface area contributed by atoms with Crippen LogP contribution in [0.2, 0.25) is 5.02 Å². The average Bonchev–Trinajstić information content (AvgIpc) is 2.94. The highest BCUT2D eigenvalue weighted by Gasteiger charge is 2.33. The van der Waals surface area contributed by atoms with Crippen LogP contribution in [-0.2, 0) is 16.1 Å². The maximum absolute atomic E-state index is 12.3. The predicted octanol–water partition coefficient (Wildman–Crippen LogP) is 1.59. The van der Waals surface area contributed by atoms with Gasteiger partial charge in [-0.05, 0) is 18.7 Å². The van der Waals surface area contributed by atoms with Crippen molar-refractivity contribution < 1.29 is 14.3 Å². The van der Waals surface area contributed by atoms with Crippen molar-refractivity contribution in [2.45, 2.75) is 19.5 Å². The van der Waals surface area contributed by atoms with Crippen LogP contribution >= 0.6 is 11.6 Å². The number of halogens is 1. The van der Waals surface area contributed by atoms with Crippen LogP contribution in [0.4, 0.5) is 0 Å². The number of ether oxygens (including phenoxy) is 2. The molecule has 1 amide bonds. The third-order valence-electron chi connectivity index (χ3n) is 3.62. The van der Waals surface area contributed by atoms with Crippen molar-refractivity contribution in [1.82, 2.24) is 10.6 Å². The highest BCUT2D eigenvalue weighted by Crippen LogP contribution is 2.26. The van der Waals surface area contributed by atoms with Crippen LogP contribution in [0.15, 0.2) is 18.2 Å². The molecule has 2 rings (SSSR count). The average molecular weight is 313 g/mol. The Balaban J connectivity index is 1.98. The molecule has 0 aliphatic carbocycles. The quantitative estimate of drug-likeness (QED) is 0.837. The van der Waals surface area contributed by atoms with E-state index in [1.165, 1.54) is 0 Å². The molecule has 0 spiro atoms. The number of methoxy groups -OCH3 is 1. The second kappa shape index (κ2) is 7.64. The van der Waals surface area contributed by atoms with E-state index in [-0.39, 0.29) is 17.9 Å². The molecule has 0 radical (unpaired) electrons. The third-order valence-corrected chi connectivity index (χ3v) is 3.97. The van der Waals surface area contributed by atoms with Gasteiger partial charge in [-0.2, -0.15) is 0 Å². The molecule has 6 heteroatoms. The third kappa shape index (κ3) is 3.87. The van der Waals surface area contributed by atoms with Crippen LogP contribution in [0.3, 0.4) is 0 Å². The first kappa shape index (κ1) is 16.1. The molecule has 1 aliphatic rings. The molecule has 0 saturated carbocycles. The smallest absolute Gasteiger partial charge is 0.227 e. The van der Waals surface area contributed by atoms with Gasteiger partial charge in [-0.15, -0.1) is 0 Å². The molecule has 1 aromatic rings. The number of likely N-dealkylation sites (N-methyl/N-ethyl adjacent to an activating group) is 1. The van der Waals surface area contributed by atoms with E-state index in [0.29, 0.717) is 30.5 Å². The van der Waals surface area contributed by atoms with E-state index >= 15 is 0 Å². The molecule has 1 aromatic carbocycles. The van der Waals surface area contributed by atoms with Crippen molar-refractivity contribution in [2.24, 2.45) is 5.92 Å². The van der Waals surface area contributed by atoms with Gasteiger partial charge in [-0.25, -0.2) is 0 Å². The van der Waals surface area contributed by atoms with Gasteiger partial charge >= 0.3 is 0 Å². The number of hydrogen-bond acceptors (Lipinski definition) is 4. The molecule has 2 N–H and O–H groups in total. The normalized spacial score (nSPS) is 21.3. The summed E-state index contributed by atoms with van der Waals surface area (Å²) >= 11 is 6.16. The molecule has 116 valence electrons. The van der Waals surface area contributed by atoms with E-state index in [1.54, 1.807) is 13.2 Å². The molecular weight excluding hydrogens is 292 g/mol. The number of carbonyl (C=O) groups excluding carboxylic acids is 1. The van der Waals surface area contributed by atoms with Gasteiger partial charge in [0, 0.05) is 23.2 Å². The standard InChI is InChI=1S/C15H21ClN2O3/c1-3-17-13-9-21-8-11(13)15(19)18-7-10-12(16)5-4-6-14(10)20-2/h4-6,11,13,17H,3,7-9H2,1-2H3,(H,18,19). The van der Waals surface area contributed by atoms with Crippen LogP contribution < -0.4 is 15.4 Å². The van der Waals surface area contributed by atoms with Crippen molar-refractivity contribution in [3.05, 3.63) is 28.8 Å². The summed E-state index contributed by atoms with van der Waals surface area (Å²) in [5.41, 5.74) is 0.786. The molecule has 2 unspecified atom stereocenters. The van der Waals surface area contributed by atoms with Crippen LogP contribution in [-0.4, -0.2) is 38.8 Å². The van der Waals surface area contributed by atoms with Crippen LogP contribution in [0, 0.1) is 5.92 Å². The Morgan fingerprint density at radius 3 is 3.00 bits per heavy atom. The summed E-state index contributed by atoms with van der Waals surface area (Å²) < 4.78 is 10.7. The zero-order chi connectivity index (χ0) is 15.2. The van der Waals surface area contributed by atoms with E-state index in [4.69, 9.17) is 21.1 Å². The molecule has 2 atom stereocenters. The summed E-state index contributed by atoms with van der Waals surface area (Å²) in [6.07, 6.45) is 0. The van der Waals surface area contributed by atoms with Crippen LogP contribution in [0.1, 0.15) is 12.5 Å². The minimum absolute atomic E-state index is 0.0274. The van der Waals surface area contributed by atoms with Crippen molar-refractivity contribution >= 4 is 17.5 Å². The topological polar surface area (TPSA) is 59.6 Å². The monoisotopic (exact) mass is 312 g/mol. The highest BCUT2D eigenvalue weighted by atomic mass is 35.5. The molecule has 0 aromatic heterocycles. The molecule has 0 bridgehead atoms. The Bertz CT molecular complexity index is 496. The number of nitrogens with one attached hydrogen (secondary N) is 2. The first-order valence-corrected chi connectivity index (χ1v) is 7.45. The first-order valence-electron chi connectivity index (χ1n) is 7.07. The largest absolute Gasteiger partial charge is 0.496 e. The molecule has 1 saturated heterocycles. The lowest BCUT2D eigenvalue weighted by Crippen LogP contribution is -2.43. The lowest BCUT2D eigenvalue weighted by Gasteiger charge is -2.18. The summed E-state index contributed by atoms with van der Waals surface area (Å²) in [7, 11) is 1.59. The minimum atomic E-state index is -0.168. The zero-order valence-corrected chi connectivity index (χ0v) is 13.1. The van der Waals surface area contributed by atoms with E-state index in [1.807, 2.05) is 19.1 Å².